The number of hydrogen-bond acceptors (Lipinski definition) is 3. The first-order chi connectivity index (χ1) is 10.0. The average molecular weight is 286 g/mol. The SMILES string of the molecule is CCC(=O)C(=O)Nc1cc(-c2ccc(F)cc2)ccc1N. The first-order valence-corrected chi connectivity index (χ1v) is 6.51. The van der Waals surface area contributed by atoms with Gasteiger partial charge in [0.2, 0.25) is 5.78 Å². The van der Waals surface area contributed by atoms with Crippen molar-refractivity contribution in [2.24, 2.45) is 0 Å². The molecule has 0 unspecified atom stereocenters. The summed E-state index contributed by atoms with van der Waals surface area (Å²) in [5, 5.41) is 2.49. The van der Waals surface area contributed by atoms with Gasteiger partial charge in [0.25, 0.3) is 5.91 Å². The zero-order valence-electron chi connectivity index (χ0n) is 11.5. The molecule has 1 amide bonds. The van der Waals surface area contributed by atoms with Gasteiger partial charge in [-0.25, -0.2) is 4.39 Å². The van der Waals surface area contributed by atoms with E-state index in [-0.39, 0.29) is 12.2 Å². The monoisotopic (exact) mass is 286 g/mol. The van der Waals surface area contributed by atoms with Gasteiger partial charge in [-0.05, 0) is 35.4 Å². The van der Waals surface area contributed by atoms with Crippen molar-refractivity contribution in [3.05, 3.63) is 48.3 Å². The minimum Gasteiger partial charge on any atom is -0.397 e. The van der Waals surface area contributed by atoms with Crippen molar-refractivity contribution in [1.29, 1.82) is 0 Å². The lowest BCUT2D eigenvalue weighted by atomic mass is 10.0. The zero-order valence-corrected chi connectivity index (χ0v) is 11.5. The lowest BCUT2D eigenvalue weighted by molar-refractivity contribution is -0.134. The predicted octanol–water partition coefficient (Wildman–Crippen LogP) is 2.99. The van der Waals surface area contributed by atoms with Crippen LogP contribution in [-0.2, 0) is 9.59 Å². The summed E-state index contributed by atoms with van der Waals surface area (Å²) >= 11 is 0. The minimum absolute atomic E-state index is 0.128. The number of nitrogens with one attached hydrogen (secondary N) is 1. The van der Waals surface area contributed by atoms with Crippen molar-refractivity contribution in [3.63, 3.8) is 0 Å². The van der Waals surface area contributed by atoms with Crippen LogP contribution < -0.4 is 11.1 Å². The van der Waals surface area contributed by atoms with Gasteiger partial charge < -0.3 is 11.1 Å². The Hall–Kier alpha value is -2.69. The molecule has 2 aromatic rings. The fraction of sp³-hybridized carbons (Fsp3) is 0.125. The Morgan fingerprint density at radius 1 is 1.10 bits per heavy atom. The third-order valence-electron chi connectivity index (χ3n) is 3.05. The number of anilines is 2. The molecule has 0 aliphatic rings. The molecule has 3 N–H and O–H groups in total. The number of Topliss-reactive ketones (excluding diaryl/α,β-unsaturated/α-hetero) is 1. The molecule has 4 nitrogen and oxygen atoms in total. The summed E-state index contributed by atoms with van der Waals surface area (Å²) in [6, 6.07) is 11.0. The first-order valence-electron chi connectivity index (χ1n) is 6.51. The second-order valence-electron chi connectivity index (χ2n) is 4.54. The quantitative estimate of drug-likeness (QED) is 0.670. The predicted molar refractivity (Wildman–Crippen MR) is 80.2 cm³/mol. The molecule has 0 spiro atoms. The smallest absolute Gasteiger partial charge is 0.291 e. The van der Waals surface area contributed by atoms with Crippen LogP contribution in [0.5, 0.6) is 0 Å². The highest BCUT2D eigenvalue weighted by molar-refractivity contribution is 6.40. The van der Waals surface area contributed by atoms with Crippen LogP contribution in [-0.4, -0.2) is 11.7 Å². The van der Waals surface area contributed by atoms with Crippen molar-refractivity contribution in [1.82, 2.24) is 0 Å². The number of benzene rings is 2. The van der Waals surface area contributed by atoms with E-state index < -0.39 is 11.7 Å². The van der Waals surface area contributed by atoms with E-state index in [1.807, 2.05) is 0 Å². The Morgan fingerprint density at radius 2 is 1.71 bits per heavy atom. The molecule has 0 saturated carbocycles. The van der Waals surface area contributed by atoms with E-state index >= 15 is 0 Å². The van der Waals surface area contributed by atoms with E-state index in [1.54, 1.807) is 37.3 Å². The molecule has 2 aromatic carbocycles. The molecule has 2 rings (SSSR count). The summed E-state index contributed by atoms with van der Waals surface area (Å²) in [6.07, 6.45) is 0.128. The molecular formula is C16H15FN2O2. The summed E-state index contributed by atoms with van der Waals surface area (Å²) in [6.45, 7) is 1.61. The van der Waals surface area contributed by atoms with Crippen LogP contribution in [0.2, 0.25) is 0 Å². The van der Waals surface area contributed by atoms with E-state index in [0.29, 0.717) is 11.4 Å². The van der Waals surface area contributed by atoms with Crippen LogP contribution in [0.25, 0.3) is 11.1 Å². The first kappa shape index (κ1) is 14.7. The summed E-state index contributed by atoms with van der Waals surface area (Å²) in [5.74, 6) is -1.53. The van der Waals surface area contributed by atoms with Gasteiger partial charge in [-0.2, -0.15) is 0 Å². The van der Waals surface area contributed by atoms with Crippen LogP contribution >= 0.6 is 0 Å². The number of hydrogen-bond donors (Lipinski definition) is 2. The molecule has 21 heavy (non-hydrogen) atoms. The van der Waals surface area contributed by atoms with Crippen LogP contribution in [0, 0.1) is 5.82 Å². The van der Waals surface area contributed by atoms with Gasteiger partial charge in [0.15, 0.2) is 0 Å². The molecule has 108 valence electrons. The van der Waals surface area contributed by atoms with Crippen molar-refractivity contribution < 1.29 is 14.0 Å². The largest absolute Gasteiger partial charge is 0.397 e. The Morgan fingerprint density at radius 3 is 2.33 bits per heavy atom. The standard InChI is InChI=1S/C16H15FN2O2/c1-2-15(20)16(21)19-14-9-11(5-8-13(14)18)10-3-6-12(17)7-4-10/h3-9H,2,18H2,1H3,(H,19,21). The van der Waals surface area contributed by atoms with Crippen LogP contribution in [0.4, 0.5) is 15.8 Å². The van der Waals surface area contributed by atoms with Gasteiger partial charge in [0.1, 0.15) is 5.82 Å². The molecule has 0 aliphatic heterocycles. The van der Waals surface area contributed by atoms with Crippen LogP contribution in [0.15, 0.2) is 42.5 Å². The summed E-state index contributed by atoms with van der Waals surface area (Å²) in [7, 11) is 0. The lowest BCUT2D eigenvalue weighted by Gasteiger charge is -2.10. The van der Waals surface area contributed by atoms with Gasteiger partial charge in [0, 0.05) is 6.42 Å². The number of amides is 1. The Labute approximate surface area is 121 Å². The van der Waals surface area contributed by atoms with E-state index in [0.717, 1.165) is 11.1 Å². The number of nitrogens with two attached hydrogens (primary N) is 1. The molecule has 0 radical (unpaired) electrons. The van der Waals surface area contributed by atoms with E-state index in [2.05, 4.69) is 5.32 Å². The second kappa shape index (κ2) is 6.17. The number of rotatable bonds is 4. The second-order valence-corrected chi connectivity index (χ2v) is 4.54. The van der Waals surface area contributed by atoms with E-state index in [1.165, 1.54) is 12.1 Å². The maximum absolute atomic E-state index is 12.9. The molecule has 5 heteroatoms. The highest BCUT2D eigenvalue weighted by Gasteiger charge is 2.13. The molecular weight excluding hydrogens is 271 g/mol. The van der Waals surface area contributed by atoms with Gasteiger partial charge >= 0.3 is 0 Å². The number of nitrogen functional groups attached to an aromatic ring is 1. The molecule has 0 aromatic heterocycles. The lowest BCUT2D eigenvalue weighted by Crippen LogP contribution is -2.22. The van der Waals surface area contributed by atoms with Crippen LogP contribution in [0.3, 0.4) is 0 Å². The Bertz CT molecular complexity index is 681. The summed E-state index contributed by atoms with van der Waals surface area (Å²) in [5.41, 5.74) is 8.07. The normalized spacial score (nSPS) is 10.2. The Balaban J connectivity index is 2.31. The molecule has 0 atom stereocenters. The summed E-state index contributed by atoms with van der Waals surface area (Å²) in [4.78, 5) is 22.9. The average Bonchev–Trinajstić information content (AvgIpc) is 2.49. The molecule has 0 saturated heterocycles. The van der Waals surface area contributed by atoms with Gasteiger partial charge in [-0.1, -0.05) is 25.1 Å². The van der Waals surface area contributed by atoms with Gasteiger partial charge in [-0.15, -0.1) is 0 Å². The number of carbonyl (C=O) groups excluding carboxylic acids is 2. The van der Waals surface area contributed by atoms with Crippen LogP contribution in [0.1, 0.15) is 13.3 Å². The highest BCUT2D eigenvalue weighted by Crippen LogP contribution is 2.27. The third-order valence-corrected chi connectivity index (χ3v) is 3.05. The number of ketones is 1. The highest BCUT2D eigenvalue weighted by atomic mass is 19.1. The van der Waals surface area contributed by atoms with E-state index in [9.17, 15) is 14.0 Å². The van der Waals surface area contributed by atoms with Gasteiger partial charge in [-0.3, -0.25) is 9.59 Å². The van der Waals surface area contributed by atoms with E-state index in [4.69, 9.17) is 5.73 Å². The summed E-state index contributed by atoms with van der Waals surface area (Å²) < 4.78 is 12.9. The van der Waals surface area contributed by atoms with Crippen molar-refractivity contribution >= 4 is 23.1 Å². The van der Waals surface area contributed by atoms with Crippen molar-refractivity contribution in [2.45, 2.75) is 13.3 Å². The maximum atomic E-state index is 12.9. The molecule has 0 heterocycles. The molecule has 0 aliphatic carbocycles. The Kier molecular flexibility index (Phi) is 4.33. The maximum Gasteiger partial charge on any atom is 0.291 e. The minimum atomic E-state index is -0.694. The van der Waals surface area contributed by atoms with Gasteiger partial charge in [0.05, 0.1) is 11.4 Å². The fourth-order valence-corrected chi connectivity index (χ4v) is 1.84. The molecule has 0 fully saturated rings. The fourth-order valence-electron chi connectivity index (χ4n) is 1.84. The van der Waals surface area contributed by atoms with Crippen molar-refractivity contribution in [3.8, 4) is 11.1 Å². The zero-order chi connectivity index (χ0) is 15.4. The third kappa shape index (κ3) is 3.45. The number of carbonyl (C=O) groups is 2. The number of halogens is 1. The topological polar surface area (TPSA) is 72.2 Å². The van der Waals surface area contributed by atoms with Crippen molar-refractivity contribution in [2.75, 3.05) is 11.1 Å². The molecule has 0 bridgehead atoms.